The normalized spacial score (nSPS) is 10.1. The van der Waals surface area contributed by atoms with E-state index in [0.717, 1.165) is 3.57 Å². The molecule has 0 saturated carbocycles. The summed E-state index contributed by atoms with van der Waals surface area (Å²) in [5.41, 5.74) is 0.900. The molecule has 2 N–H and O–H groups in total. The van der Waals surface area contributed by atoms with Crippen LogP contribution >= 0.6 is 34.2 Å². The van der Waals surface area contributed by atoms with Gasteiger partial charge in [-0.1, -0.05) is 23.7 Å². The quantitative estimate of drug-likeness (QED) is 0.784. The van der Waals surface area contributed by atoms with Gasteiger partial charge in [-0.05, 0) is 52.9 Å². The molecule has 0 aliphatic carbocycles. The Morgan fingerprint density at radius 2 is 1.94 bits per heavy atom. The fraction of sp³-hybridized carbons (Fsp3) is 0. The summed E-state index contributed by atoms with van der Waals surface area (Å²) >= 11 is 7.84. The molecule has 0 spiro atoms. The average Bonchev–Trinajstić information content (AvgIpc) is 2.32. The van der Waals surface area contributed by atoms with Gasteiger partial charge >= 0.3 is 0 Å². The molecule has 0 fully saturated rings. The van der Waals surface area contributed by atoms with E-state index in [1.165, 1.54) is 12.1 Å². The Morgan fingerprint density at radius 3 is 2.61 bits per heavy atom. The van der Waals surface area contributed by atoms with Crippen molar-refractivity contribution >= 4 is 45.8 Å². The molecule has 0 aromatic heterocycles. The molecule has 92 valence electrons. The Morgan fingerprint density at radius 1 is 1.22 bits per heavy atom. The highest BCUT2D eigenvalue weighted by Crippen LogP contribution is 2.24. The lowest BCUT2D eigenvalue weighted by Crippen LogP contribution is -2.12. The Kier molecular flexibility index (Phi) is 4.08. The number of benzene rings is 2. The second kappa shape index (κ2) is 5.58. The van der Waals surface area contributed by atoms with Gasteiger partial charge in [0.15, 0.2) is 0 Å². The summed E-state index contributed by atoms with van der Waals surface area (Å²) in [6.45, 7) is 0. The number of rotatable bonds is 2. The summed E-state index contributed by atoms with van der Waals surface area (Å²) in [4.78, 5) is 12.0. The maximum absolute atomic E-state index is 12.0. The van der Waals surface area contributed by atoms with Crippen molar-refractivity contribution in [2.45, 2.75) is 0 Å². The number of nitrogens with one attached hydrogen (secondary N) is 1. The monoisotopic (exact) mass is 373 g/mol. The fourth-order valence-corrected chi connectivity index (χ4v) is 2.14. The van der Waals surface area contributed by atoms with E-state index in [1.807, 2.05) is 18.2 Å². The number of phenols is 1. The molecule has 3 nitrogen and oxygen atoms in total. The van der Waals surface area contributed by atoms with Crippen molar-refractivity contribution in [2.24, 2.45) is 0 Å². The van der Waals surface area contributed by atoms with Crippen LogP contribution in [0.3, 0.4) is 0 Å². The van der Waals surface area contributed by atoms with Crippen LogP contribution in [0.5, 0.6) is 5.75 Å². The largest absolute Gasteiger partial charge is 0.507 e. The SMILES string of the molecule is O=C(Nc1ccccc1I)c1ccc(Cl)cc1O. The van der Waals surface area contributed by atoms with E-state index in [1.54, 1.807) is 12.1 Å². The Hall–Kier alpha value is -1.27. The summed E-state index contributed by atoms with van der Waals surface area (Å²) in [6, 6.07) is 11.8. The van der Waals surface area contributed by atoms with Crippen LogP contribution < -0.4 is 5.32 Å². The van der Waals surface area contributed by atoms with Crippen molar-refractivity contribution in [3.8, 4) is 5.75 Å². The number of phenolic OH excluding ortho intramolecular Hbond substituents is 1. The number of aromatic hydroxyl groups is 1. The topological polar surface area (TPSA) is 49.3 Å². The third-order valence-corrected chi connectivity index (χ3v) is 3.50. The van der Waals surface area contributed by atoms with Gasteiger partial charge in [-0.3, -0.25) is 4.79 Å². The molecular weight excluding hydrogens is 365 g/mol. The van der Waals surface area contributed by atoms with Crippen LogP contribution in [0.2, 0.25) is 5.02 Å². The maximum Gasteiger partial charge on any atom is 0.259 e. The van der Waals surface area contributed by atoms with Crippen LogP contribution in [0.25, 0.3) is 0 Å². The third kappa shape index (κ3) is 2.94. The second-order valence-corrected chi connectivity index (χ2v) is 5.19. The number of para-hydroxylation sites is 1. The summed E-state index contributed by atoms with van der Waals surface area (Å²) < 4.78 is 0.928. The lowest BCUT2D eigenvalue weighted by atomic mass is 10.2. The van der Waals surface area contributed by atoms with Gasteiger partial charge in [0, 0.05) is 8.59 Å². The molecule has 0 unspecified atom stereocenters. The predicted octanol–water partition coefficient (Wildman–Crippen LogP) is 3.90. The van der Waals surface area contributed by atoms with Gasteiger partial charge in [-0.2, -0.15) is 0 Å². The van der Waals surface area contributed by atoms with E-state index in [0.29, 0.717) is 10.7 Å². The number of anilines is 1. The first-order chi connectivity index (χ1) is 8.58. The molecule has 2 aromatic rings. The van der Waals surface area contributed by atoms with Crippen molar-refractivity contribution in [1.82, 2.24) is 0 Å². The van der Waals surface area contributed by atoms with E-state index in [4.69, 9.17) is 11.6 Å². The van der Waals surface area contributed by atoms with Crippen LogP contribution in [-0.4, -0.2) is 11.0 Å². The zero-order chi connectivity index (χ0) is 13.1. The highest BCUT2D eigenvalue weighted by Gasteiger charge is 2.12. The van der Waals surface area contributed by atoms with Gasteiger partial charge in [-0.25, -0.2) is 0 Å². The summed E-state index contributed by atoms with van der Waals surface area (Å²) in [6.07, 6.45) is 0. The fourth-order valence-electron chi connectivity index (χ4n) is 1.45. The van der Waals surface area contributed by atoms with Crippen LogP contribution in [0.1, 0.15) is 10.4 Å². The average molecular weight is 374 g/mol. The molecule has 18 heavy (non-hydrogen) atoms. The minimum atomic E-state index is -0.367. The molecule has 2 aromatic carbocycles. The van der Waals surface area contributed by atoms with Crippen molar-refractivity contribution in [2.75, 3.05) is 5.32 Å². The van der Waals surface area contributed by atoms with Gasteiger partial charge in [0.05, 0.1) is 11.3 Å². The molecule has 2 rings (SSSR count). The molecule has 0 aliphatic rings. The molecule has 0 aliphatic heterocycles. The zero-order valence-corrected chi connectivity index (χ0v) is 12.1. The minimum Gasteiger partial charge on any atom is -0.507 e. The minimum absolute atomic E-state index is 0.133. The number of carbonyl (C=O) groups is 1. The lowest BCUT2D eigenvalue weighted by molar-refractivity contribution is 0.102. The van der Waals surface area contributed by atoms with Crippen molar-refractivity contribution in [3.05, 3.63) is 56.6 Å². The maximum atomic E-state index is 12.0. The molecule has 0 bridgehead atoms. The molecule has 1 amide bonds. The first-order valence-corrected chi connectivity index (χ1v) is 6.58. The highest BCUT2D eigenvalue weighted by molar-refractivity contribution is 14.1. The predicted molar refractivity (Wildman–Crippen MR) is 80.2 cm³/mol. The highest BCUT2D eigenvalue weighted by atomic mass is 127. The zero-order valence-electron chi connectivity index (χ0n) is 9.15. The van der Waals surface area contributed by atoms with Gasteiger partial charge in [0.1, 0.15) is 5.75 Å². The molecule has 5 heteroatoms. The van der Waals surface area contributed by atoms with Crippen LogP contribution in [0.4, 0.5) is 5.69 Å². The molecule has 0 heterocycles. The summed E-state index contributed by atoms with van der Waals surface area (Å²) in [5, 5.41) is 12.8. The Balaban J connectivity index is 2.25. The van der Waals surface area contributed by atoms with Crippen LogP contribution in [-0.2, 0) is 0 Å². The van der Waals surface area contributed by atoms with Crippen LogP contribution in [0, 0.1) is 3.57 Å². The van der Waals surface area contributed by atoms with Gasteiger partial charge < -0.3 is 10.4 Å². The van der Waals surface area contributed by atoms with Crippen molar-refractivity contribution < 1.29 is 9.90 Å². The first-order valence-electron chi connectivity index (χ1n) is 5.12. The lowest BCUT2D eigenvalue weighted by Gasteiger charge is -2.08. The van der Waals surface area contributed by atoms with Crippen molar-refractivity contribution in [3.63, 3.8) is 0 Å². The second-order valence-electron chi connectivity index (χ2n) is 3.60. The van der Waals surface area contributed by atoms with E-state index in [2.05, 4.69) is 27.9 Å². The van der Waals surface area contributed by atoms with Crippen LogP contribution in [0.15, 0.2) is 42.5 Å². The standard InChI is InChI=1S/C13H9ClINO2/c14-8-5-6-9(12(17)7-8)13(18)16-11-4-2-1-3-10(11)15/h1-7,17H,(H,16,18). The third-order valence-electron chi connectivity index (χ3n) is 2.33. The number of hydrogen-bond acceptors (Lipinski definition) is 2. The number of carbonyl (C=O) groups excluding carboxylic acids is 1. The molecule has 0 saturated heterocycles. The van der Waals surface area contributed by atoms with E-state index in [9.17, 15) is 9.90 Å². The number of hydrogen-bond donors (Lipinski definition) is 2. The van der Waals surface area contributed by atoms with E-state index >= 15 is 0 Å². The summed E-state index contributed by atoms with van der Waals surface area (Å²) in [5.74, 6) is -0.501. The first kappa shape index (κ1) is 13.2. The van der Waals surface area contributed by atoms with Gasteiger partial charge in [0.25, 0.3) is 5.91 Å². The summed E-state index contributed by atoms with van der Waals surface area (Å²) in [7, 11) is 0. The molecular formula is C13H9ClINO2. The Bertz CT molecular complexity index is 601. The van der Waals surface area contributed by atoms with Crippen molar-refractivity contribution in [1.29, 1.82) is 0 Å². The van der Waals surface area contributed by atoms with E-state index < -0.39 is 0 Å². The Labute approximate surface area is 123 Å². The van der Waals surface area contributed by atoms with E-state index in [-0.39, 0.29) is 17.2 Å². The smallest absolute Gasteiger partial charge is 0.259 e. The number of amides is 1. The molecule has 0 atom stereocenters. The number of halogens is 2. The molecule has 0 radical (unpaired) electrons. The van der Waals surface area contributed by atoms with Gasteiger partial charge in [0.2, 0.25) is 0 Å². The van der Waals surface area contributed by atoms with Gasteiger partial charge in [-0.15, -0.1) is 0 Å².